The minimum atomic E-state index is -1.51. The van der Waals surface area contributed by atoms with Crippen LogP contribution in [0.25, 0.3) is 0 Å². The van der Waals surface area contributed by atoms with E-state index in [4.69, 9.17) is 11.6 Å². The largest absolute Gasteiger partial charge is 0.342 e. The first-order chi connectivity index (χ1) is 14.8. The Kier molecular flexibility index (Phi) is 5.40. The number of rotatable bonds is 3. The highest BCUT2D eigenvalue weighted by atomic mass is 127. The summed E-state index contributed by atoms with van der Waals surface area (Å²) in [5, 5.41) is 4.75. The Morgan fingerprint density at radius 1 is 1.29 bits per heavy atom. The van der Waals surface area contributed by atoms with E-state index in [1.807, 2.05) is 4.90 Å². The Labute approximate surface area is 199 Å². The molecular weight excluding hydrogens is 532 g/mol. The fourth-order valence-corrected chi connectivity index (χ4v) is 6.11. The molecule has 164 valence electrons. The SMILES string of the molecule is CC1CN(C(=O)C2CCc3c(I)nn(C(=O)c4c(Cl)cccc4C4(F)CCC4)c3C2)C1. The number of hydrogen-bond donors (Lipinski definition) is 0. The van der Waals surface area contributed by atoms with Crippen LogP contribution in [0.5, 0.6) is 0 Å². The summed E-state index contributed by atoms with van der Waals surface area (Å²) in [5.41, 5.74) is 0.817. The van der Waals surface area contributed by atoms with Crippen molar-refractivity contribution in [2.24, 2.45) is 11.8 Å². The highest BCUT2D eigenvalue weighted by Gasteiger charge is 2.43. The topological polar surface area (TPSA) is 55.2 Å². The molecule has 1 amide bonds. The first kappa shape index (κ1) is 21.4. The number of fused-ring (bicyclic) bond motifs is 1. The number of alkyl halides is 1. The molecule has 0 spiro atoms. The fraction of sp³-hybridized carbons (Fsp3) is 0.522. The zero-order chi connectivity index (χ0) is 21.9. The number of benzene rings is 1. The summed E-state index contributed by atoms with van der Waals surface area (Å²) in [6.07, 6.45) is 3.53. The van der Waals surface area contributed by atoms with Crippen molar-refractivity contribution < 1.29 is 14.0 Å². The molecule has 1 aromatic heterocycles. The van der Waals surface area contributed by atoms with E-state index >= 15 is 4.39 Å². The molecule has 3 aliphatic rings. The molecule has 1 saturated heterocycles. The third-order valence-electron chi connectivity index (χ3n) is 7.00. The van der Waals surface area contributed by atoms with Crippen LogP contribution >= 0.6 is 34.2 Å². The van der Waals surface area contributed by atoms with Crippen LogP contribution in [0.2, 0.25) is 5.02 Å². The second kappa shape index (κ2) is 7.83. The van der Waals surface area contributed by atoms with Crippen LogP contribution in [0.1, 0.15) is 59.8 Å². The van der Waals surface area contributed by atoms with Crippen molar-refractivity contribution in [2.45, 2.75) is 51.1 Å². The van der Waals surface area contributed by atoms with Gasteiger partial charge in [-0.3, -0.25) is 9.59 Å². The standard InChI is InChI=1S/C23H24ClFIN3O2/c1-13-11-28(12-13)21(30)14-6-7-15-18(10-14)29(27-20(15)26)22(31)19-16(4-2-5-17(19)24)23(25)8-3-9-23/h2,4-5,13-14H,3,6-12H2,1H3. The molecule has 1 saturated carbocycles. The van der Waals surface area contributed by atoms with Crippen LogP contribution < -0.4 is 0 Å². The lowest BCUT2D eigenvalue weighted by Crippen LogP contribution is -2.51. The van der Waals surface area contributed by atoms with Crippen molar-refractivity contribution >= 4 is 46.0 Å². The van der Waals surface area contributed by atoms with Gasteiger partial charge in [-0.25, -0.2) is 4.39 Å². The minimum absolute atomic E-state index is 0.149. The third kappa shape index (κ3) is 3.52. The van der Waals surface area contributed by atoms with Gasteiger partial charge in [-0.1, -0.05) is 30.7 Å². The summed E-state index contributed by atoms with van der Waals surface area (Å²) in [6, 6.07) is 4.98. The summed E-state index contributed by atoms with van der Waals surface area (Å²) >= 11 is 8.56. The molecule has 2 fully saturated rings. The zero-order valence-electron chi connectivity index (χ0n) is 17.3. The van der Waals surface area contributed by atoms with Crippen molar-refractivity contribution in [3.63, 3.8) is 0 Å². The van der Waals surface area contributed by atoms with E-state index in [-0.39, 0.29) is 22.4 Å². The predicted octanol–water partition coefficient (Wildman–Crippen LogP) is 4.76. The second-order valence-electron chi connectivity index (χ2n) is 9.20. The molecular formula is C23H24ClFIN3O2. The average molecular weight is 556 g/mol. The number of nitrogens with zero attached hydrogens (tertiary/aromatic N) is 3. The van der Waals surface area contributed by atoms with E-state index in [1.54, 1.807) is 18.2 Å². The lowest BCUT2D eigenvalue weighted by molar-refractivity contribution is -0.142. The number of carbonyl (C=O) groups is 2. The minimum Gasteiger partial charge on any atom is -0.342 e. The molecule has 1 atom stereocenters. The molecule has 2 aromatic rings. The van der Waals surface area contributed by atoms with Crippen LogP contribution in [-0.2, 0) is 23.3 Å². The Morgan fingerprint density at radius 3 is 2.68 bits per heavy atom. The maximum atomic E-state index is 15.3. The first-order valence-corrected chi connectivity index (χ1v) is 12.3. The number of halogens is 3. The summed E-state index contributed by atoms with van der Waals surface area (Å²) in [6.45, 7) is 3.75. The maximum Gasteiger partial charge on any atom is 0.280 e. The molecule has 1 aliphatic heterocycles. The van der Waals surface area contributed by atoms with Gasteiger partial charge in [-0.2, -0.15) is 9.78 Å². The van der Waals surface area contributed by atoms with Gasteiger partial charge in [0.25, 0.3) is 5.91 Å². The van der Waals surface area contributed by atoms with Crippen LogP contribution in [0.4, 0.5) is 4.39 Å². The zero-order valence-corrected chi connectivity index (χ0v) is 20.2. The van der Waals surface area contributed by atoms with E-state index in [0.29, 0.717) is 37.2 Å². The van der Waals surface area contributed by atoms with Crippen molar-refractivity contribution in [3.05, 3.63) is 49.3 Å². The van der Waals surface area contributed by atoms with Crippen molar-refractivity contribution in [1.82, 2.24) is 14.7 Å². The first-order valence-electron chi connectivity index (χ1n) is 10.9. The van der Waals surface area contributed by atoms with Gasteiger partial charge in [0.1, 0.15) is 9.37 Å². The van der Waals surface area contributed by atoms with Gasteiger partial charge in [0, 0.05) is 36.6 Å². The Morgan fingerprint density at radius 2 is 2.03 bits per heavy atom. The third-order valence-corrected chi connectivity index (χ3v) is 8.18. The van der Waals surface area contributed by atoms with E-state index < -0.39 is 11.6 Å². The van der Waals surface area contributed by atoms with Crippen molar-refractivity contribution in [2.75, 3.05) is 13.1 Å². The molecule has 0 bridgehead atoms. The van der Waals surface area contributed by atoms with Crippen LogP contribution in [0.3, 0.4) is 0 Å². The van der Waals surface area contributed by atoms with E-state index in [2.05, 4.69) is 34.6 Å². The van der Waals surface area contributed by atoms with Gasteiger partial charge in [0.05, 0.1) is 16.3 Å². The molecule has 5 rings (SSSR count). The molecule has 1 unspecified atom stereocenters. The van der Waals surface area contributed by atoms with E-state index in [1.165, 1.54) is 4.68 Å². The summed E-state index contributed by atoms with van der Waals surface area (Å²) < 4.78 is 17.5. The molecule has 0 N–H and O–H groups in total. The molecule has 2 aliphatic carbocycles. The molecule has 8 heteroatoms. The highest BCUT2D eigenvalue weighted by molar-refractivity contribution is 14.1. The lowest BCUT2D eigenvalue weighted by Gasteiger charge is -2.40. The summed E-state index contributed by atoms with van der Waals surface area (Å²) in [7, 11) is 0. The van der Waals surface area contributed by atoms with Gasteiger partial charge < -0.3 is 4.90 Å². The molecule has 0 radical (unpaired) electrons. The van der Waals surface area contributed by atoms with Crippen LogP contribution in [0, 0.1) is 15.5 Å². The van der Waals surface area contributed by atoms with E-state index in [9.17, 15) is 9.59 Å². The van der Waals surface area contributed by atoms with E-state index in [0.717, 1.165) is 40.9 Å². The van der Waals surface area contributed by atoms with Crippen molar-refractivity contribution in [3.8, 4) is 0 Å². The predicted molar refractivity (Wildman–Crippen MR) is 124 cm³/mol. The highest BCUT2D eigenvalue weighted by Crippen LogP contribution is 2.47. The fourth-order valence-electron chi connectivity index (χ4n) is 5.06. The molecule has 5 nitrogen and oxygen atoms in total. The number of amides is 1. The molecule has 2 heterocycles. The molecule has 1 aromatic carbocycles. The van der Waals surface area contributed by atoms with Gasteiger partial charge in [0.15, 0.2) is 0 Å². The number of aromatic nitrogens is 2. The summed E-state index contributed by atoms with van der Waals surface area (Å²) in [5.74, 6) is 0.155. The second-order valence-corrected chi connectivity index (χ2v) is 10.6. The quantitative estimate of drug-likeness (QED) is 0.513. The van der Waals surface area contributed by atoms with Gasteiger partial charge in [0.2, 0.25) is 5.91 Å². The van der Waals surface area contributed by atoms with Gasteiger partial charge in [-0.15, -0.1) is 0 Å². The lowest BCUT2D eigenvalue weighted by atomic mass is 9.75. The number of carbonyl (C=O) groups excluding carboxylic acids is 2. The van der Waals surface area contributed by atoms with Crippen LogP contribution in [-0.4, -0.2) is 39.6 Å². The Balaban J connectivity index is 1.50. The van der Waals surface area contributed by atoms with Crippen molar-refractivity contribution in [1.29, 1.82) is 0 Å². The smallest absolute Gasteiger partial charge is 0.280 e. The van der Waals surface area contributed by atoms with Gasteiger partial charge in [-0.05, 0) is 66.7 Å². The Hall–Kier alpha value is -1.48. The van der Waals surface area contributed by atoms with Crippen LogP contribution in [0.15, 0.2) is 18.2 Å². The number of hydrogen-bond acceptors (Lipinski definition) is 3. The van der Waals surface area contributed by atoms with Gasteiger partial charge >= 0.3 is 0 Å². The Bertz CT molecular complexity index is 1080. The summed E-state index contributed by atoms with van der Waals surface area (Å²) in [4.78, 5) is 28.5. The average Bonchev–Trinajstić information content (AvgIpc) is 3.04. The maximum absolute atomic E-state index is 15.3. The molecule has 31 heavy (non-hydrogen) atoms. The number of likely N-dealkylation sites (tertiary alicyclic amines) is 1. The monoisotopic (exact) mass is 555 g/mol. The normalized spacial score (nSPS) is 22.5.